The van der Waals surface area contributed by atoms with Gasteiger partial charge in [0.1, 0.15) is 0 Å². The van der Waals surface area contributed by atoms with Crippen LogP contribution in [0.15, 0.2) is 42.7 Å². The molecule has 2 heterocycles. The third-order valence-corrected chi connectivity index (χ3v) is 4.69. The summed E-state index contributed by atoms with van der Waals surface area (Å²) in [6, 6.07) is 9.93. The fourth-order valence-corrected chi connectivity index (χ4v) is 3.17. The van der Waals surface area contributed by atoms with E-state index in [9.17, 15) is 9.59 Å². The van der Waals surface area contributed by atoms with Gasteiger partial charge in [0, 0.05) is 45.6 Å². The van der Waals surface area contributed by atoms with Crippen molar-refractivity contribution in [3.63, 3.8) is 0 Å². The van der Waals surface area contributed by atoms with Crippen LogP contribution < -0.4 is 0 Å². The summed E-state index contributed by atoms with van der Waals surface area (Å²) < 4.78 is 1.88. The molecule has 1 saturated heterocycles. The van der Waals surface area contributed by atoms with Gasteiger partial charge in [-0.15, -0.1) is 0 Å². The standard InChI is InChI=1S/C20H25N3O2/c1-16-4-6-17(7-5-16)14-19(24)22-9-3-10-23(13-12-22)20(25)18-8-11-21(2)15-18/h4-8,11,15H,3,9-10,12-14H2,1-2H3. The molecule has 1 aliphatic heterocycles. The van der Waals surface area contributed by atoms with E-state index in [1.54, 1.807) is 0 Å². The molecule has 5 nitrogen and oxygen atoms in total. The highest BCUT2D eigenvalue weighted by molar-refractivity contribution is 5.94. The Kier molecular flexibility index (Phi) is 5.22. The average Bonchev–Trinajstić information content (AvgIpc) is 2.89. The van der Waals surface area contributed by atoms with Crippen molar-refractivity contribution >= 4 is 11.8 Å². The maximum Gasteiger partial charge on any atom is 0.255 e. The Labute approximate surface area is 148 Å². The first-order valence-corrected chi connectivity index (χ1v) is 8.77. The van der Waals surface area contributed by atoms with Crippen molar-refractivity contribution in [1.29, 1.82) is 0 Å². The molecule has 25 heavy (non-hydrogen) atoms. The summed E-state index contributed by atoms with van der Waals surface area (Å²) in [4.78, 5) is 28.9. The lowest BCUT2D eigenvalue weighted by atomic mass is 10.1. The quantitative estimate of drug-likeness (QED) is 0.861. The Morgan fingerprint density at radius 3 is 2.32 bits per heavy atom. The zero-order valence-electron chi connectivity index (χ0n) is 14.9. The average molecular weight is 339 g/mol. The first-order valence-electron chi connectivity index (χ1n) is 8.77. The SMILES string of the molecule is Cc1ccc(CC(=O)N2CCCN(C(=O)c3ccn(C)c3)CC2)cc1. The lowest BCUT2D eigenvalue weighted by Crippen LogP contribution is -2.37. The van der Waals surface area contributed by atoms with Crippen LogP contribution >= 0.6 is 0 Å². The van der Waals surface area contributed by atoms with Gasteiger partial charge in [0.15, 0.2) is 0 Å². The topological polar surface area (TPSA) is 45.6 Å². The molecule has 0 unspecified atom stereocenters. The molecule has 0 bridgehead atoms. The van der Waals surface area contributed by atoms with Crippen molar-refractivity contribution in [2.45, 2.75) is 19.8 Å². The summed E-state index contributed by atoms with van der Waals surface area (Å²) >= 11 is 0. The predicted octanol–water partition coefficient (Wildman–Crippen LogP) is 2.25. The normalized spacial score (nSPS) is 15.1. The molecule has 0 atom stereocenters. The molecule has 1 aromatic heterocycles. The third kappa shape index (κ3) is 4.29. The summed E-state index contributed by atoms with van der Waals surface area (Å²) in [5, 5.41) is 0. The zero-order valence-corrected chi connectivity index (χ0v) is 14.9. The third-order valence-electron chi connectivity index (χ3n) is 4.69. The number of aromatic nitrogens is 1. The molecule has 3 rings (SSSR count). The molecule has 0 N–H and O–H groups in total. The second-order valence-electron chi connectivity index (χ2n) is 6.75. The van der Waals surface area contributed by atoms with Crippen molar-refractivity contribution in [2.24, 2.45) is 7.05 Å². The Balaban J connectivity index is 1.58. The molecule has 0 aliphatic carbocycles. The van der Waals surface area contributed by atoms with Gasteiger partial charge in [-0.25, -0.2) is 0 Å². The van der Waals surface area contributed by atoms with E-state index in [4.69, 9.17) is 0 Å². The number of nitrogens with zero attached hydrogens (tertiary/aromatic N) is 3. The summed E-state index contributed by atoms with van der Waals surface area (Å²) in [6.45, 7) is 4.64. The van der Waals surface area contributed by atoms with Crippen LogP contribution in [0.2, 0.25) is 0 Å². The number of benzene rings is 1. The molecular formula is C20H25N3O2. The van der Waals surface area contributed by atoms with E-state index >= 15 is 0 Å². The van der Waals surface area contributed by atoms with Crippen LogP contribution in [0.3, 0.4) is 0 Å². The highest BCUT2D eigenvalue weighted by atomic mass is 16.2. The van der Waals surface area contributed by atoms with Crippen LogP contribution in [0.25, 0.3) is 0 Å². The van der Waals surface area contributed by atoms with Crippen molar-refractivity contribution in [1.82, 2.24) is 14.4 Å². The van der Waals surface area contributed by atoms with Crippen LogP contribution in [0.4, 0.5) is 0 Å². The number of rotatable bonds is 3. The van der Waals surface area contributed by atoms with E-state index in [1.807, 2.05) is 71.1 Å². The van der Waals surface area contributed by atoms with E-state index in [1.165, 1.54) is 5.56 Å². The Hall–Kier alpha value is -2.56. The van der Waals surface area contributed by atoms with E-state index in [0.717, 1.165) is 12.0 Å². The second kappa shape index (κ2) is 7.55. The fourth-order valence-electron chi connectivity index (χ4n) is 3.17. The van der Waals surface area contributed by atoms with Gasteiger partial charge in [0.25, 0.3) is 5.91 Å². The highest BCUT2D eigenvalue weighted by Crippen LogP contribution is 2.12. The van der Waals surface area contributed by atoms with Crippen molar-refractivity contribution in [3.05, 3.63) is 59.4 Å². The molecule has 1 aliphatic rings. The Morgan fingerprint density at radius 1 is 0.960 bits per heavy atom. The van der Waals surface area contributed by atoms with Gasteiger partial charge in [-0.3, -0.25) is 9.59 Å². The van der Waals surface area contributed by atoms with Gasteiger partial charge in [-0.1, -0.05) is 29.8 Å². The number of hydrogen-bond donors (Lipinski definition) is 0. The lowest BCUT2D eigenvalue weighted by molar-refractivity contribution is -0.130. The smallest absolute Gasteiger partial charge is 0.255 e. The minimum Gasteiger partial charge on any atom is -0.356 e. The largest absolute Gasteiger partial charge is 0.356 e. The molecular weight excluding hydrogens is 314 g/mol. The number of carbonyl (C=O) groups is 2. The fraction of sp³-hybridized carbons (Fsp3) is 0.400. The van der Waals surface area contributed by atoms with Gasteiger partial charge < -0.3 is 14.4 Å². The van der Waals surface area contributed by atoms with Crippen LogP contribution in [0.1, 0.15) is 27.9 Å². The minimum absolute atomic E-state index is 0.0495. The number of hydrogen-bond acceptors (Lipinski definition) is 2. The predicted molar refractivity (Wildman–Crippen MR) is 97.4 cm³/mol. The Bertz CT molecular complexity index is 749. The summed E-state index contributed by atoms with van der Waals surface area (Å²) in [6.07, 6.45) is 4.96. The first-order chi connectivity index (χ1) is 12.0. The van der Waals surface area contributed by atoms with E-state index in [2.05, 4.69) is 0 Å². The maximum atomic E-state index is 12.6. The second-order valence-corrected chi connectivity index (χ2v) is 6.75. The molecule has 5 heteroatoms. The molecule has 0 saturated carbocycles. The molecule has 1 fully saturated rings. The van der Waals surface area contributed by atoms with Gasteiger partial charge in [0.05, 0.1) is 12.0 Å². The van der Waals surface area contributed by atoms with Crippen molar-refractivity contribution in [3.8, 4) is 0 Å². The molecule has 0 spiro atoms. The van der Waals surface area contributed by atoms with Crippen LogP contribution in [0.5, 0.6) is 0 Å². The first kappa shape index (κ1) is 17.3. The van der Waals surface area contributed by atoms with Gasteiger partial charge in [0.2, 0.25) is 5.91 Å². The van der Waals surface area contributed by atoms with Crippen LogP contribution in [0, 0.1) is 6.92 Å². The lowest BCUT2D eigenvalue weighted by Gasteiger charge is -2.22. The van der Waals surface area contributed by atoms with Crippen LogP contribution in [-0.4, -0.2) is 52.4 Å². The summed E-state index contributed by atoms with van der Waals surface area (Å²) in [5.74, 6) is 0.186. The highest BCUT2D eigenvalue weighted by Gasteiger charge is 2.23. The molecule has 0 radical (unpaired) electrons. The maximum absolute atomic E-state index is 12.6. The number of carbonyl (C=O) groups excluding carboxylic acids is 2. The summed E-state index contributed by atoms with van der Waals surface area (Å²) in [5.41, 5.74) is 2.94. The molecule has 2 amide bonds. The van der Waals surface area contributed by atoms with E-state index in [-0.39, 0.29) is 11.8 Å². The van der Waals surface area contributed by atoms with Gasteiger partial charge in [-0.05, 0) is 25.0 Å². The number of amides is 2. The van der Waals surface area contributed by atoms with E-state index in [0.29, 0.717) is 38.2 Å². The van der Waals surface area contributed by atoms with Crippen LogP contribution in [-0.2, 0) is 18.3 Å². The van der Waals surface area contributed by atoms with Crippen molar-refractivity contribution < 1.29 is 9.59 Å². The number of aryl methyl sites for hydroxylation is 2. The Morgan fingerprint density at radius 2 is 1.64 bits per heavy atom. The molecule has 2 aromatic rings. The van der Waals surface area contributed by atoms with Gasteiger partial charge in [-0.2, -0.15) is 0 Å². The van der Waals surface area contributed by atoms with Crippen molar-refractivity contribution in [2.75, 3.05) is 26.2 Å². The molecule has 132 valence electrons. The monoisotopic (exact) mass is 339 g/mol. The molecule has 1 aromatic carbocycles. The van der Waals surface area contributed by atoms with Gasteiger partial charge >= 0.3 is 0 Å². The zero-order chi connectivity index (χ0) is 17.8. The van der Waals surface area contributed by atoms with E-state index < -0.39 is 0 Å². The minimum atomic E-state index is 0.0495. The summed E-state index contributed by atoms with van der Waals surface area (Å²) in [7, 11) is 1.91.